The van der Waals surface area contributed by atoms with E-state index in [-0.39, 0.29) is 9.92 Å². The van der Waals surface area contributed by atoms with Crippen LogP contribution in [-0.2, 0) is 14.3 Å². The van der Waals surface area contributed by atoms with Crippen LogP contribution in [0.3, 0.4) is 0 Å². The predicted octanol–water partition coefficient (Wildman–Crippen LogP) is 1.71. The topological polar surface area (TPSA) is 43.4 Å². The summed E-state index contributed by atoms with van der Waals surface area (Å²) >= 11 is 5.57. The Hall–Kier alpha value is -0.580. The van der Waals surface area contributed by atoms with E-state index in [1.165, 1.54) is 18.2 Å². The maximum atomic E-state index is 11.0. The minimum absolute atomic E-state index is 0.0861. The fraction of sp³-hybridized carbons (Fsp3) is 0. The van der Waals surface area contributed by atoms with Gasteiger partial charge >= 0.3 is 0 Å². The molecule has 1 aromatic rings. The van der Waals surface area contributed by atoms with E-state index in [1.54, 1.807) is 6.07 Å². The van der Waals surface area contributed by atoms with Crippen LogP contribution in [0.5, 0.6) is 0 Å². The first-order valence-corrected chi connectivity index (χ1v) is 4.74. The molecule has 64 valence electrons. The summed E-state index contributed by atoms with van der Waals surface area (Å²) in [5.41, 5.74) is 0. The molecule has 0 aliphatic carbocycles. The molecule has 0 aliphatic heterocycles. The van der Waals surface area contributed by atoms with Gasteiger partial charge in [0.25, 0.3) is 10.1 Å². The summed E-state index contributed by atoms with van der Waals surface area (Å²) in [6.45, 7) is 0. The molecule has 0 spiro atoms. The summed E-state index contributed by atoms with van der Waals surface area (Å²) in [5.74, 6) is 0. The SMILES string of the molecule is [CH]OS(=O)(=O)c1ccccc1Cl. The third-order valence-corrected chi connectivity index (χ3v) is 2.82. The molecule has 0 aliphatic rings. The van der Waals surface area contributed by atoms with Crippen molar-refractivity contribution >= 4 is 21.7 Å². The molecule has 1 rings (SSSR count). The van der Waals surface area contributed by atoms with Gasteiger partial charge in [-0.3, -0.25) is 4.18 Å². The summed E-state index contributed by atoms with van der Waals surface area (Å²) in [4.78, 5) is -0.130. The second kappa shape index (κ2) is 3.43. The summed E-state index contributed by atoms with van der Waals surface area (Å²) in [6.07, 6.45) is 0. The Labute approximate surface area is 76.0 Å². The average molecular weight is 205 g/mol. The lowest BCUT2D eigenvalue weighted by Crippen LogP contribution is -2.01. The van der Waals surface area contributed by atoms with Gasteiger partial charge in [-0.2, -0.15) is 8.42 Å². The van der Waals surface area contributed by atoms with Gasteiger partial charge in [-0.1, -0.05) is 23.7 Å². The molecule has 0 unspecified atom stereocenters. The molecule has 0 atom stereocenters. The number of hydrogen-bond donors (Lipinski definition) is 0. The molecule has 0 heterocycles. The minimum atomic E-state index is -3.88. The number of halogens is 1. The number of hydrogen-bond acceptors (Lipinski definition) is 3. The van der Waals surface area contributed by atoms with E-state index in [1.807, 2.05) is 0 Å². The van der Waals surface area contributed by atoms with E-state index in [9.17, 15) is 8.42 Å². The first kappa shape index (κ1) is 9.51. The molecule has 12 heavy (non-hydrogen) atoms. The lowest BCUT2D eigenvalue weighted by Gasteiger charge is -2.01. The van der Waals surface area contributed by atoms with Crippen molar-refractivity contribution in [1.82, 2.24) is 0 Å². The van der Waals surface area contributed by atoms with Crippen LogP contribution >= 0.6 is 11.6 Å². The number of rotatable bonds is 2. The molecule has 0 bridgehead atoms. The fourth-order valence-corrected chi connectivity index (χ4v) is 1.77. The van der Waals surface area contributed by atoms with Crippen LogP contribution in [0, 0.1) is 7.11 Å². The van der Waals surface area contributed by atoms with Crippen molar-refractivity contribution in [3.05, 3.63) is 36.4 Å². The highest BCUT2D eigenvalue weighted by atomic mass is 35.5. The average Bonchev–Trinajstić information content (AvgIpc) is 2.05. The Morgan fingerprint density at radius 3 is 2.42 bits per heavy atom. The molecule has 5 heteroatoms. The largest absolute Gasteiger partial charge is 0.298 e. The Morgan fingerprint density at radius 2 is 1.92 bits per heavy atom. The highest BCUT2D eigenvalue weighted by Gasteiger charge is 2.15. The Balaban J connectivity index is 3.30. The molecule has 0 aromatic heterocycles. The summed E-state index contributed by atoms with van der Waals surface area (Å²) in [6, 6.07) is 5.88. The molecule has 0 saturated heterocycles. The molecule has 0 fully saturated rings. The molecular formula is C7H5ClO3S. The van der Waals surface area contributed by atoms with Crippen molar-refractivity contribution in [2.45, 2.75) is 4.90 Å². The first-order chi connectivity index (χ1) is 5.58. The van der Waals surface area contributed by atoms with Crippen LogP contribution in [0.2, 0.25) is 5.02 Å². The van der Waals surface area contributed by atoms with Crippen molar-refractivity contribution in [1.29, 1.82) is 0 Å². The predicted molar refractivity (Wildman–Crippen MR) is 44.0 cm³/mol. The molecule has 0 N–H and O–H groups in total. The quantitative estimate of drug-likeness (QED) is 0.689. The van der Waals surface area contributed by atoms with Crippen LogP contribution in [0.4, 0.5) is 0 Å². The van der Waals surface area contributed by atoms with Gasteiger partial charge in [0.2, 0.25) is 0 Å². The monoisotopic (exact) mass is 204 g/mol. The highest BCUT2D eigenvalue weighted by molar-refractivity contribution is 7.87. The van der Waals surface area contributed by atoms with Gasteiger partial charge in [0.1, 0.15) is 12.0 Å². The Kier molecular flexibility index (Phi) is 2.72. The molecule has 3 nitrogen and oxygen atoms in total. The molecule has 0 amide bonds. The van der Waals surface area contributed by atoms with E-state index in [4.69, 9.17) is 11.6 Å². The maximum absolute atomic E-state index is 11.0. The minimum Gasteiger partial charge on any atom is -0.257 e. The van der Waals surface area contributed by atoms with Gasteiger partial charge in [-0.05, 0) is 12.1 Å². The lowest BCUT2D eigenvalue weighted by atomic mass is 10.4. The van der Waals surface area contributed by atoms with Crippen molar-refractivity contribution < 1.29 is 12.6 Å². The van der Waals surface area contributed by atoms with Gasteiger partial charge in [0.15, 0.2) is 0 Å². The summed E-state index contributed by atoms with van der Waals surface area (Å²) < 4.78 is 25.8. The van der Waals surface area contributed by atoms with Gasteiger partial charge in [0, 0.05) is 0 Å². The second-order valence-corrected chi connectivity index (χ2v) is 3.93. The van der Waals surface area contributed by atoms with Gasteiger partial charge in [-0.25, -0.2) is 0 Å². The van der Waals surface area contributed by atoms with Crippen LogP contribution in [0.15, 0.2) is 29.2 Å². The third-order valence-electron chi connectivity index (χ3n) is 1.23. The van der Waals surface area contributed by atoms with Crippen molar-refractivity contribution in [3.63, 3.8) is 0 Å². The van der Waals surface area contributed by atoms with Crippen molar-refractivity contribution in [3.8, 4) is 0 Å². The maximum Gasteiger partial charge on any atom is 0.298 e. The Bertz CT molecular complexity index is 372. The van der Waals surface area contributed by atoms with Gasteiger partial charge in [0.05, 0.1) is 5.02 Å². The summed E-state index contributed by atoms with van der Waals surface area (Å²) in [7, 11) is 0.678. The van der Waals surface area contributed by atoms with Crippen molar-refractivity contribution in [2.75, 3.05) is 0 Å². The van der Waals surface area contributed by atoms with Crippen LogP contribution in [0.1, 0.15) is 0 Å². The highest BCUT2D eigenvalue weighted by Crippen LogP contribution is 2.21. The zero-order chi connectivity index (χ0) is 9.19. The normalized spacial score (nSPS) is 11.5. The Morgan fingerprint density at radius 1 is 1.33 bits per heavy atom. The standard InChI is InChI=1S/C7H5ClO3S/c1-11-12(9,10)7-5-3-2-4-6(7)8/h1-5H. The third kappa shape index (κ3) is 1.77. The van der Waals surface area contributed by atoms with Crippen LogP contribution in [0.25, 0.3) is 0 Å². The van der Waals surface area contributed by atoms with E-state index in [0.29, 0.717) is 0 Å². The first-order valence-electron chi connectivity index (χ1n) is 2.96. The zero-order valence-electron chi connectivity index (χ0n) is 5.90. The molecule has 1 aromatic carbocycles. The zero-order valence-corrected chi connectivity index (χ0v) is 7.47. The van der Waals surface area contributed by atoms with E-state index in [0.717, 1.165) is 0 Å². The van der Waals surface area contributed by atoms with Crippen LogP contribution < -0.4 is 0 Å². The lowest BCUT2D eigenvalue weighted by molar-refractivity contribution is 0.438. The van der Waals surface area contributed by atoms with Crippen LogP contribution in [-0.4, -0.2) is 8.42 Å². The molecular weight excluding hydrogens is 200 g/mol. The van der Waals surface area contributed by atoms with E-state index < -0.39 is 10.1 Å². The van der Waals surface area contributed by atoms with E-state index >= 15 is 0 Å². The van der Waals surface area contributed by atoms with Gasteiger partial charge in [-0.15, -0.1) is 0 Å². The second-order valence-electron chi connectivity index (χ2n) is 1.98. The smallest absolute Gasteiger partial charge is 0.257 e. The molecule has 2 radical (unpaired) electrons. The van der Waals surface area contributed by atoms with Gasteiger partial charge < -0.3 is 0 Å². The molecule has 0 saturated carbocycles. The summed E-state index contributed by atoms with van der Waals surface area (Å²) in [5, 5.41) is 0.0861. The van der Waals surface area contributed by atoms with Crippen molar-refractivity contribution in [2.24, 2.45) is 0 Å². The van der Waals surface area contributed by atoms with E-state index in [2.05, 4.69) is 11.3 Å². The fourth-order valence-electron chi connectivity index (χ4n) is 0.699. The number of benzene rings is 1.